The van der Waals surface area contributed by atoms with Crippen LogP contribution in [0.1, 0.15) is 16.9 Å². The molecule has 2 aliphatic rings. The van der Waals surface area contributed by atoms with E-state index in [2.05, 4.69) is 37.8 Å². The molecule has 0 unspecified atom stereocenters. The maximum atomic E-state index is 13.4. The highest BCUT2D eigenvalue weighted by Gasteiger charge is 2.38. The second-order valence-corrected chi connectivity index (χ2v) is 12.2. The Balaban J connectivity index is 0.000000606. The summed E-state index contributed by atoms with van der Waals surface area (Å²) in [5.41, 5.74) is 2.23. The summed E-state index contributed by atoms with van der Waals surface area (Å²) in [6.45, 7) is 3.69. The van der Waals surface area contributed by atoms with Crippen LogP contribution in [0.3, 0.4) is 0 Å². The van der Waals surface area contributed by atoms with Crippen molar-refractivity contribution in [3.8, 4) is 17.6 Å². The van der Waals surface area contributed by atoms with Gasteiger partial charge in [0.2, 0.25) is 0 Å². The van der Waals surface area contributed by atoms with Crippen LogP contribution in [0, 0.1) is 17.7 Å². The lowest BCUT2D eigenvalue weighted by Crippen LogP contribution is -2.47. The van der Waals surface area contributed by atoms with Gasteiger partial charge < -0.3 is 30.1 Å². The van der Waals surface area contributed by atoms with E-state index < -0.39 is 12.1 Å². The van der Waals surface area contributed by atoms with Gasteiger partial charge >= 0.3 is 18.2 Å². The molecule has 0 saturated carbocycles. The Hall–Kier alpha value is -4.69. The van der Waals surface area contributed by atoms with Gasteiger partial charge in [0.1, 0.15) is 30.6 Å². The lowest BCUT2D eigenvalue weighted by atomic mass is 10.2. The van der Waals surface area contributed by atoms with E-state index in [9.17, 15) is 22.4 Å². The van der Waals surface area contributed by atoms with Gasteiger partial charge in [-0.05, 0) is 42.0 Å². The Morgan fingerprint density at radius 3 is 2.63 bits per heavy atom. The lowest BCUT2D eigenvalue weighted by molar-refractivity contribution is -0.192. The monoisotopic (exact) mass is 720 g/mol. The topological polar surface area (TPSA) is 138 Å². The van der Waals surface area contributed by atoms with E-state index in [1.165, 1.54) is 29.8 Å². The molecule has 6 rings (SSSR count). The molecular weight excluding hydrogens is 692 g/mol. The van der Waals surface area contributed by atoms with Crippen LogP contribution in [0.5, 0.6) is 5.75 Å². The SMILES string of the molecule is O=C(O)C(F)(F)F.O=C(O[C@H]1CN[C@H](C#Cc2cc3ncnc(Nc4ccc(OCc5cccc(F)c5)c(Cl)c4)c3s2)C1)N1CCNCC1. The number of amides is 1. The molecule has 0 bridgehead atoms. The zero-order valence-corrected chi connectivity index (χ0v) is 27.1. The van der Waals surface area contributed by atoms with Gasteiger partial charge in [0.15, 0.2) is 5.82 Å². The molecule has 258 valence electrons. The van der Waals surface area contributed by atoms with Crippen molar-refractivity contribution < 1.29 is 41.7 Å². The van der Waals surface area contributed by atoms with E-state index in [-0.39, 0.29) is 30.7 Å². The molecule has 2 aromatic carbocycles. The van der Waals surface area contributed by atoms with Gasteiger partial charge in [-0.2, -0.15) is 13.2 Å². The standard InChI is InChI=1S/C30H28ClFN6O3S.C2HF3O2/c31-25-14-22(5-7-27(25)40-17-19-2-1-3-20(32)12-19)37-29-28-26(35-18-36-29)15-24(42-28)6-4-21-13-23(16-34-21)41-30(39)38-10-8-33-9-11-38;3-2(4,5)1(6)7/h1-3,5,7,12,14-15,18,21,23,33-34H,8-11,13,16-17H2,(H,35,36,37);(H,6,7)/t21-,23-;/m1./s1. The van der Waals surface area contributed by atoms with Crippen molar-refractivity contribution in [1.82, 2.24) is 25.5 Å². The van der Waals surface area contributed by atoms with Crippen LogP contribution in [0.4, 0.5) is 33.9 Å². The Morgan fingerprint density at radius 2 is 1.92 bits per heavy atom. The third-order valence-corrected chi connectivity index (χ3v) is 8.48. The molecule has 0 radical (unpaired) electrons. The number of ether oxygens (including phenoxy) is 2. The average molecular weight is 721 g/mol. The molecule has 4 heterocycles. The summed E-state index contributed by atoms with van der Waals surface area (Å²) in [5, 5.41) is 17.4. The predicted octanol–water partition coefficient (Wildman–Crippen LogP) is 5.56. The van der Waals surface area contributed by atoms with Crippen LogP contribution < -0.4 is 20.7 Å². The average Bonchev–Trinajstić information content (AvgIpc) is 3.71. The van der Waals surface area contributed by atoms with Gasteiger partial charge in [-0.1, -0.05) is 35.6 Å². The van der Waals surface area contributed by atoms with E-state index in [1.54, 1.807) is 29.2 Å². The molecule has 17 heteroatoms. The highest BCUT2D eigenvalue weighted by atomic mass is 35.5. The Labute approximate surface area is 286 Å². The molecule has 49 heavy (non-hydrogen) atoms. The molecule has 4 aromatic rings. The number of anilines is 2. The number of thiophene rings is 1. The van der Waals surface area contributed by atoms with Crippen molar-refractivity contribution in [3.63, 3.8) is 0 Å². The van der Waals surface area contributed by atoms with E-state index in [0.29, 0.717) is 48.2 Å². The summed E-state index contributed by atoms with van der Waals surface area (Å²) in [5.74, 6) is 4.57. The van der Waals surface area contributed by atoms with Gasteiger partial charge in [0.25, 0.3) is 0 Å². The number of hydrogen-bond donors (Lipinski definition) is 4. The fraction of sp³-hybridized carbons (Fsp3) is 0.312. The molecule has 2 atom stereocenters. The smallest absolute Gasteiger partial charge is 0.487 e. The number of carboxylic acids is 1. The van der Waals surface area contributed by atoms with Crippen molar-refractivity contribution in [2.45, 2.75) is 31.3 Å². The summed E-state index contributed by atoms with van der Waals surface area (Å²) < 4.78 is 57.5. The third kappa shape index (κ3) is 10.2. The number of nitrogens with one attached hydrogen (secondary N) is 3. The number of benzene rings is 2. The van der Waals surface area contributed by atoms with E-state index in [4.69, 9.17) is 31.0 Å². The molecule has 2 saturated heterocycles. The molecule has 2 aromatic heterocycles. The fourth-order valence-electron chi connectivity index (χ4n) is 4.75. The highest BCUT2D eigenvalue weighted by molar-refractivity contribution is 7.20. The molecule has 1 amide bonds. The van der Waals surface area contributed by atoms with Crippen LogP contribution >= 0.6 is 22.9 Å². The first kappa shape index (κ1) is 35.6. The predicted molar refractivity (Wildman–Crippen MR) is 175 cm³/mol. The number of fused-ring (bicyclic) bond motifs is 1. The minimum atomic E-state index is -5.08. The molecule has 0 spiro atoms. The number of carbonyl (C=O) groups is 2. The third-order valence-electron chi connectivity index (χ3n) is 7.13. The fourth-order valence-corrected chi connectivity index (χ4v) is 5.90. The van der Waals surface area contributed by atoms with Gasteiger partial charge in [-0.3, -0.25) is 5.32 Å². The number of aliphatic carboxylic acids is 1. The molecule has 11 nitrogen and oxygen atoms in total. The second-order valence-electron chi connectivity index (χ2n) is 10.7. The number of nitrogens with zero attached hydrogens (tertiary/aromatic N) is 3. The Morgan fingerprint density at radius 1 is 1.14 bits per heavy atom. The van der Waals surface area contributed by atoms with Crippen LogP contribution in [0.2, 0.25) is 5.02 Å². The molecule has 2 aliphatic heterocycles. The summed E-state index contributed by atoms with van der Waals surface area (Å²) in [7, 11) is 0. The first-order chi connectivity index (χ1) is 23.4. The van der Waals surface area contributed by atoms with Gasteiger partial charge in [0.05, 0.1) is 26.2 Å². The second kappa shape index (κ2) is 16.1. The minimum Gasteiger partial charge on any atom is -0.487 e. The van der Waals surface area contributed by atoms with Crippen molar-refractivity contribution in [2.75, 3.05) is 38.0 Å². The maximum Gasteiger partial charge on any atom is 0.490 e. The van der Waals surface area contributed by atoms with Crippen molar-refractivity contribution in [2.24, 2.45) is 0 Å². The number of alkyl halides is 3. The summed E-state index contributed by atoms with van der Waals surface area (Å²) >= 11 is 7.97. The van der Waals surface area contributed by atoms with Crippen LogP contribution in [0.15, 0.2) is 54.9 Å². The highest BCUT2D eigenvalue weighted by Crippen LogP contribution is 2.33. The number of carbonyl (C=O) groups excluding carboxylic acids is 1. The number of aromatic nitrogens is 2. The molecule has 2 fully saturated rings. The zero-order valence-electron chi connectivity index (χ0n) is 25.5. The minimum absolute atomic E-state index is 0.0662. The van der Waals surface area contributed by atoms with Crippen LogP contribution in [0.25, 0.3) is 10.2 Å². The largest absolute Gasteiger partial charge is 0.490 e. The normalized spacial score (nSPS) is 17.4. The summed E-state index contributed by atoms with van der Waals surface area (Å²) in [6, 6.07) is 13.5. The number of halogens is 5. The first-order valence-electron chi connectivity index (χ1n) is 14.8. The summed E-state index contributed by atoms with van der Waals surface area (Å²) in [6.07, 6.45) is -3.39. The molecule has 4 N–H and O–H groups in total. The lowest BCUT2D eigenvalue weighted by Gasteiger charge is -2.27. The summed E-state index contributed by atoms with van der Waals surface area (Å²) in [4.78, 5) is 32.7. The number of rotatable bonds is 6. The van der Waals surface area contributed by atoms with Gasteiger partial charge in [-0.15, -0.1) is 11.3 Å². The zero-order chi connectivity index (χ0) is 35.0. The quantitative estimate of drug-likeness (QED) is 0.148. The van der Waals surface area contributed by atoms with E-state index >= 15 is 0 Å². The Bertz CT molecular complexity index is 1860. The van der Waals surface area contributed by atoms with Crippen molar-refractivity contribution >= 4 is 56.7 Å². The van der Waals surface area contributed by atoms with E-state index in [1.807, 2.05) is 12.1 Å². The molecular formula is C32H29ClF4N6O5S. The maximum absolute atomic E-state index is 13.4. The first-order valence-corrected chi connectivity index (χ1v) is 16.0. The van der Waals surface area contributed by atoms with E-state index in [0.717, 1.165) is 33.9 Å². The van der Waals surface area contributed by atoms with Crippen molar-refractivity contribution in [1.29, 1.82) is 0 Å². The van der Waals surface area contributed by atoms with Gasteiger partial charge in [-0.25, -0.2) is 23.9 Å². The molecule has 0 aliphatic carbocycles. The van der Waals surface area contributed by atoms with Crippen molar-refractivity contribution in [3.05, 3.63) is 76.1 Å². The van der Waals surface area contributed by atoms with Gasteiger partial charge in [0, 0.05) is 44.8 Å². The Kier molecular flexibility index (Phi) is 11.7. The number of piperazine rings is 1. The van der Waals surface area contributed by atoms with Crippen LogP contribution in [-0.4, -0.2) is 83.1 Å². The number of carboxylic acid groups (broad SMARTS) is 1. The number of hydrogen-bond acceptors (Lipinski definition) is 10. The van der Waals surface area contributed by atoms with Crippen LogP contribution in [-0.2, 0) is 16.1 Å².